The molecule has 0 saturated heterocycles. The van der Waals surface area contributed by atoms with Gasteiger partial charge in [-0.1, -0.05) is 36.9 Å². The van der Waals surface area contributed by atoms with Crippen LogP contribution < -0.4 is 0 Å². The summed E-state index contributed by atoms with van der Waals surface area (Å²) >= 11 is 0. The van der Waals surface area contributed by atoms with Gasteiger partial charge in [0.15, 0.2) is 11.6 Å². The van der Waals surface area contributed by atoms with E-state index in [1.165, 1.54) is 12.1 Å². The van der Waals surface area contributed by atoms with Crippen LogP contribution in [0.15, 0.2) is 73.3 Å². The van der Waals surface area contributed by atoms with Crippen molar-refractivity contribution in [2.45, 2.75) is 0 Å². The first kappa shape index (κ1) is 16.8. The molecule has 3 aromatic carbocycles. The number of aromatic nitrogens is 1. The van der Waals surface area contributed by atoms with Gasteiger partial charge in [-0.3, -0.25) is 0 Å². The Morgan fingerprint density at radius 1 is 0.852 bits per heavy atom. The van der Waals surface area contributed by atoms with Crippen LogP contribution in [0.25, 0.3) is 39.4 Å². The Bertz CT molecular complexity index is 1180. The highest BCUT2D eigenvalue weighted by Gasteiger charge is 2.11. The molecule has 0 fully saturated rings. The van der Waals surface area contributed by atoms with Gasteiger partial charge in [0.05, 0.1) is 11.2 Å². The van der Waals surface area contributed by atoms with Crippen LogP contribution in [0, 0.1) is 5.82 Å². The number of phenols is 2. The monoisotopic (exact) mass is 357 g/mol. The van der Waals surface area contributed by atoms with Gasteiger partial charge in [-0.2, -0.15) is 0 Å². The van der Waals surface area contributed by atoms with E-state index < -0.39 is 11.6 Å². The van der Waals surface area contributed by atoms with Crippen LogP contribution >= 0.6 is 0 Å². The number of hydrogen-bond donors (Lipinski definition) is 2. The van der Waals surface area contributed by atoms with Gasteiger partial charge in [0.25, 0.3) is 0 Å². The Morgan fingerprint density at radius 3 is 2.37 bits per heavy atom. The summed E-state index contributed by atoms with van der Waals surface area (Å²) in [7, 11) is 0. The Kier molecular flexibility index (Phi) is 4.09. The van der Waals surface area contributed by atoms with Crippen molar-refractivity contribution in [3.63, 3.8) is 0 Å². The normalized spacial score (nSPS) is 10.9. The fourth-order valence-corrected chi connectivity index (χ4v) is 3.12. The second-order valence-electron chi connectivity index (χ2n) is 6.22. The molecule has 2 N–H and O–H groups in total. The molecule has 0 radical (unpaired) electrons. The first-order valence-electron chi connectivity index (χ1n) is 8.41. The van der Waals surface area contributed by atoms with Gasteiger partial charge in [-0.25, -0.2) is 9.37 Å². The van der Waals surface area contributed by atoms with Crippen LogP contribution in [0.3, 0.4) is 0 Å². The number of rotatable bonds is 3. The summed E-state index contributed by atoms with van der Waals surface area (Å²) < 4.78 is 13.7. The van der Waals surface area contributed by atoms with Crippen molar-refractivity contribution in [2.24, 2.45) is 0 Å². The third kappa shape index (κ3) is 3.02. The van der Waals surface area contributed by atoms with Crippen molar-refractivity contribution in [1.29, 1.82) is 0 Å². The van der Waals surface area contributed by atoms with Gasteiger partial charge >= 0.3 is 0 Å². The lowest BCUT2D eigenvalue weighted by Crippen LogP contribution is -1.91. The van der Waals surface area contributed by atoms with Crippen molar-refractivity contribution in [2.75, 3.05) is 0 Å². The maximum absolute atomic E-state index is 13.7. The number of pyridine rings is 1. The molecule has 0 aliphatic carbocycles. The molecular weight excluding hydrogens is 341 g/mol. The minimum absolute atomic E-state index is 0.209. The summed E-state index contributed by atoms with van der Waals surface area (Å²) in [5.41, 5.74) is 4.34. The summed E-state index contributed by atoms with van der Waals surface area (Å²) in [5.74, 6) is -0.874. The highest BCUT2D eigenvalue weighted by Crippen LogP contribution is 2.33. The summed E-state index contributed by atoms with van der Waals surface area (Å²) in [6.07, 6.45) is 1.72. The molecule has 0 bridgehead atoms. The fraction of sp³-hybridized carbons (Fsp3) is 0. The average Bonchev–Trinajstić information content (AvgIpc) is 2.69. The van der Waals surface area contributed by atoms with E-state index in [1.54, 1.807) is 24.3 Å². The standard InChI is InChI=1S/C23H16FNO2/c1-2-14-13-21(16-8-10-23(27)19(24)12-16)25-20-9-7-15(11-18(14)20)17-5-3-4-6-22(17)26/h2-13,26-27H,1H2. The number of benzene rings is 3. The Labute approximate surface area is 155 Å². The third-order valence-corrected chi connectivity index (χ3v) is 4.52. The molecule has 0 spiro atoms. The van der Waals surface area contributed by atoms with Crippen LogP contribution in [-0.2, 0) is 0 Å². The summed E-state index contributed by atoms with van der Waals surface area (Å²) in [6.45, 7) is 3.88. The molecule has 132 valence electrons. The maximum Gasteiger partial charge on any atom is 0.165 e. The van der Waals surface area contributed by atoms with E-state index in [0.717, 1.165) is 27.6 Å². The van der Waals surface area contributed by atoms with Crippen LogP contribution in [0.1, 0.15) is 5.56 Å². The maximum atomic E-state index is 13.7. The predicted octanol–water partition coefficient (Wildman–Crippen LogP) is 5.76. The van der Waals surface area contributed by atoms with Crippen LogP contribution in [0.2, 0.25) is 0 Å². The van der Waals surface area contributed by atoms with Crippen LogP contribution in [-0.4, -0.2) is 15.2 Å². The SMILES string of the molecule is C=Cc1cc(-c2ccc(O)c(F)c2)nc2ccc(-c3ccccc3O)cc12. The molecule has 0 unspecified atom stereocenters. The zero-order chi connectivity index (χ0) is 19.0. The highest BCUT2D eigenvalue weighted by atomic mass is 19.1. The molecule has 0 aliphatic rings. The first-order valence-corrected chi connectivity index (χ1v) is 8.41. The lowest BCUT2D eigenvalue weighted by Gasteiger charge is -2.10. The lowest BCUT2D eigenvalue weighted by atomic mass is 9.98. The van der Waals surface area contributed by atoms with E-state index in [9.17, 15) is 14.6 Å². The Morgan fingerprint density at radius 2 is 1.63 bits per heavy atom. The van der Waals surface area contributed by atoms with E-state index in [0.29, 0.717) is 11.3 Å². The van der Waals surface area contributed by atoms with Crippen LogP contribution in [0.5, 0.6) is 11.5 Å². The van der Waals surface area contributed by atoms with Gasteiger partial charge in [0, 0.05) is 16.5 Å². The molecule has 0 aliphatic heterocycles. The summed E-state index contributed by atoms with van der Waals surface area (Å²) in [6, 6.07) is 18.9. The van der Waals surface area contributed by atoms with Gasteiger partial charge in [0.2, 0.25) is 0 Å². The van der Waals surface area contributed by atoms with Crippen molar-refractivity contribution in [1.82, 2.24) is 4.98 Å². The molecule has 3 nitrogen and oxygen atoms in total. The van der Waals surface area contributed by atoms with Gasteiger partial charge in [-0.05, 0) is 53.6 Å². The quantitative estimate of drug-likeness (QED) is 0.490. The third-order valence-electron chi connectivity index (χ3n) is 4.52. The molecule has 4 rings (SSSR count). The summed E-state index contributed by atoms with van der Waals surface area (Å²) in [5, 5.41) is 20.4. The van der Waals surface area contributed by atoms with E-state index in [-0.39, 0.29) is 5.75 Å². The number of aromatic hydroxyl groups is 2. The molecule has 0 amide bonds. The van der Waals surface area contributed by atoms with E-state index in [4.69, 9.17) is 0 Å². The van der Waals surface area contributed by atoms with Crippen molar-refractivity contribution in [3.8, 4) is 33.9 Å². The zero-order valence-corrected chi connectivity index (χ0v) is 14.4. The number of para-hydroxylation sites is 1. The van der Waals surface area contributed by atoms with Crippen molar-refractivity contribution < 1.29 is 14.6 Å². The summed E-state index contributed by atoms with van der Waals surface area (Å²) in [4.78, 5) is 4.62. The van der Waals surface area contributed by atoms with Crippen molar-refractivity contribution >= 4 is 17.0 Å². The topological polar surface area (TPSA) is 53.4 Å². The van der Waals surface area contributed by atoms with E-state index in [1.807, 2.05) is 36.4 Å². The highest BCUT2D eigenvalue weighted by molar-refractivity contribution is 5.93. The first-order chi connectivity index (χ1) is 13.1. The molecule has 4 heteroatoms. The van der Waals surface area contributed by atoms with Gasteiger partial charge < -0.3 is 10.2 Å². The number of nitrogens with zero attached hydrogens (tertiary/aromatic N) is 1. The van der Waals surface area contributed by atoms with Gasteiger partial charge in [-0.15, -0.1) is 0 Å². The second-order valence-corrected chi connectivity index (χ2v) is 6.22. The molecule has 1 aromatic heterocycles. The fourth-order valence-electron chi connectivity index (χ4n) is 3.12. The average molecular weight is 357 g/mol. The van der Waals surface area contributed by atoms with E-state index in [2.05, 4.69) is 11.6 Å². The molecule has 0 atom stereocenters. The minimum atomic E-state index is -0.690. The smallest absolute Gasteiger partial charge is 0.165 e. The number of halogens is 1. The molecule has 4 aromatic rings. The minimum Gasteiger partial charge on any atom is -0.507 e. The second kappa shape index (κ2) is 6.57. The van der Waals surface area contributed by atoms with Crippen LogP contribution in [0.4, 0.5) is 4.39 Å². The molecular formula is C23H16FNO2. The predicted molar refractivity (Wildman–Crippen MR) is 106 cm³/mol. The molecule has 27 heavy (non-hydrogen) atoms. The number of phenolic OH excluding ortho intramolecular Hbond substituents is 2. The number of fused-ring (bicyclic) bond motifs is 1. The molecule has 1 heterocycles. The Balaban J connectivity index is 1.90. The lowest BCUT2D eigenvalue weighted by molar-refractivity contribution is 0.432. The largest absolute Gasteiger partial charge is 0.507 e. The zero-order valence-electron chi connectivity index (χ0n) is 14.4. The Hall–Kier alpha value is -3.66. The van der Waals surface area contributed by atoms with Crippen molar-refractivity contribution in [3.05, 3.63) is 84.7 Å². The molecule has 0 saturated carbocycles. The van der Waals surface area contributed by atoms with Gasteiger partial charge in [0.1, 0.15) is 5.75 Å². The number of hydrogen-bond acceptors (Lipinski definition) is 3. The van der Waals surface area contributed by atoms with E-state index >= 15 is 0 Å².